The highest BCUT2D eigenvalue weighted by atomic mass is 16.5. The van der Waals surface area contributed by atoms with Crippen molar-refractivity contribution in [2.24, 2.45) is 11.3 Å². The minimum atomic E-state index is -2.19. The first kappa shape index (κ1) is 42.4. The van der Waals surface area contributed by atoms with Crippen LogP contribution in [0.3, 0.4) is 0 Å². The van der Waals surface area contributed by atoms with Crippen molar-refractivity contribution in [1.29, 1.82) is 0 Å². The number of ether oxygens (including phenoxy) is 2. The lowest BCUT2D eigenvalue weighted by molar-refractivity contribution is -0.203. The summed E-state index contributed by atoms with van der Waals surface area (Å²) >= 11 is 0. The number of nitrogens with zero attached hydrogens (tertiary/aromatic N) is 3. The molecule has 2 bridgehead atoms. The van der Waals surface area contributed by atoms with Crippen LogP contribution in [0.1, 0.15) is 101 Å². The average Bonchev–Trinajstić information content (AvgIpc) is 3.93. The molecule has 5 aliphatic heterocycles. The zero-order valence-corrected chi connectivity index (χ0v) is 37.1. The van der Waals surface area contributed by atoms with Crippen LogP contribution in [0.5, 0.6) is 5.75 Å². The van der Waals surface area contributed by atoms with Crippen molar-refractivity contribution in [3.05, 3.63) is 70.9 Å². The van der Waals surface area contributed by atoms with E-state index in [9.17, 15) is 20.1 Å². The first-order chi connectivity index (χ1) is 29.3. The Morgan fingerprint density at radius 3 is 2.52 bits per heavy atom. The number of H-pyrrole nitrogens is 1. The molecular weight excluding hydrogens is 771 g/mol. The number of amides is 1. The highest BCUT2D eigenvalue weighted by Crippen LogP contribution is 2.67. The van der Waals surface area contributed by atoms with Gasteiger partial charge in [-0.2, -0.15) is 0 Å². The number of fused-ring (bicyclic) bond motifs is 6. The number of likely N-dealkylation sites (N-methyl/N-ethyl adjacent to an activating group) is 1. The fourth-order valence-corrected chi connectivity index (χ4v) is 13.9. The van der Waals surface area contributed by atoms with Gasteiger partial charge in [0.2, 0.25) is 0 Å². The molecular formula is C49H67N5O7. The van der Waals surface area contributed by atoms with Crippen molar-refractivity contribution in [1.82, 2.24) is 20.1 Å². The van der Waals surface area contributed by atoms with Crippen LogP contribution in [0.4, 0.5) is 5.69 Å². The largest absolute Gasteiger partial charge is 0.496 e. The molecule has 9 rings (SSSR count). The Hall–Kier alpha value is -3.94. The van der Waals surface area contributed by atoms with Gasteiger partial charge >= 0.3 is 5.97 Å². The Morgan fingerprint density at radius 1 is 0.984 bits per heavy atom. The van der Waals surface area contributed by atoms with Crippen LogP contribution < -0.4 is 15.0 Å². The monoisotopic (exact) mass is 838 g/mol. The van der Waals surface area contributed by atoms with Crippen molar-refractivity contribution >= 4 is 28.5 Å². The van der Waals surface area contributed by atoms with Crippen LogP contribution >= 0.6 is 0 Å². The summed E-state index contributed by atoms with van der Waals surface area (Å²) in [6.45, 7) is 10.1. The number of carbonyl (C=O) groups is 2. The molecule has 6 aliphatic rings. The van der Waals surface area contributed by atoms with Gasteiger partial charge in [-0.15, -0.1) is 0 Å². The summed E-state index contributed by atoms with van der Waals surface area (Å²) in [6.07, 6.45) is 9.97. The number of piperidine rings is 1. The number of methoxy groups -OCH3 is 2. The Balaban J connectivity index is 1.30. The summed E-state index contributed by atoms with van der Waals surface area (Å²) in [5.74, 6) is -0.534. The van der Waals surface area contributed by atoms with E-state index in [2.05, 4.69) is 64.3 Å². The molecule has 3 fully saturated rings. The quantitative estimate of drug-likeness (QED) is 0.102. The molecule has 5 N–H and O–H groups in total. The van der Waals surface area contributed by atoms with Crippen molar-refractivity contribution in [3.63, 3.8) is 0 Å². The van der Waals surface area contributed by atoms with Gasteiger partial charge in [0.1, 0.15) is 17.3 Å². The third-order valence-electron chi connectivity index (χ3n) is 16.5. The molecule has 61 heavy (non-hydrogen) atoms. The zero-order valence-electron chi connectivity index (χ0n) is 37.1. The summed E-state index contributed by atoms with van der Waals surface area (Å²) in [5, 5.41) is 42.3. The molecule has 1 unspecified atom stereocenters. The Kier molecular flexibility index (Phi) is 10.7. The Bertz CT molecular complexity index is 2230. The molecule has 2 saturated heterocycles. The molecule has 1 aromatic heterocycles. The van der Waals surface area contributed by atoms with Gasteiger partial charge in [-0.25, -0.2) is 0 Å². The predicted octanol–water partition coefficient (Wildman–Crippen LogP) is 4.94. The average molecular weight is 838 g/mol. The smallest absolute Gasteiger partial charge is 0.322 e. The van der Waals surface area contributed by atoms with E-state index in [4.69, 9.17) is 9.47 Å². The van der Waals surface area contributed by atoms with Crippen LogP contribution in [-0.2, 0) is 31.6 Å². The molecule has 1 saturated carbocycles. The molecule has 10 atom stereocenters. The second kappa shape index (κ2) is 15.4. The minimum Gasteiger partial charge on any atom is -0.496 e. The van der Waals surface area contributed by atoms with E-state index in [1.807, 2.05) is 37.1 Å². The topological polar surface area (TPSA) is 151 Å². The van der Waals surface area contributed by atoms with E-state index in [-0.39, 0.29) is 12.0 Å². The van der Waals surface area contributed by atoms with E-state index in [1.54, 1.807) is 7.11 Å². The molecule has 330 valence electrons. The van der Waals surface area contributed by atoms with Crippen molar-refractivity contribution in [3.8, 4) is 5.75 Å². The van der Waals surface area contributed by atoms with E-state index < -0.39 is 51.5 Å². The second-order valence-electron chi connectivity index (χ2n) is 19.4. The maximum Gasteiger partial charge on any atom is 0.322 e. The molecule has 1 amide bonds. The maximum atomic E-state index is 15.4. The third kappa shape index (κ3) is 5.87. The number of esters is 1. The van der Waals surface area contributed by atoms with Gasteiger partial charge in [0, 0.05) is 90.6 Å². The summed E-state index contributed by atoms with van der Waals surface area (Å²) in [5.41, 5.74) is -1.09. The van der Waals surface area contributed by atoms with Crippen molar-refractivity contribution in [2.45, 2.75) is 125 Å². The van der Waals surface area contributed by atoms with Crippen molar-refractivity contribution in [2.75, 3.05) is 65.4 Å². The number of para-hydroxylation sites is 1. The molecule has 1 spiro atoms. The number of nitrogens with one attached hydrogen (secondary N) is 2. The number of hydrogen-bond donors (Lipinski definition) is 5. The van der Waals surface area contributed by atoms with Crippen LogP contribution in [0.25, 0.3) is 10.9 Å². The van der Waals surface area contributed by atoms with Gasteiger partial charge in [0.25, 0.3) is 5.91 Å². The van der Waals surface area contributed by atoms with Gasteiger partial charge in [-0.1, -0.05) is 70.4 Å². The number of aromatic amines is 1. The fourth-order valence-electron chi connectivity index (χ4n) is 13.9. The van der Waals surface area contributed by atoms with Crippen LogP contribution in [0.15, 0.2) is 48.6 Å². The number of aromatic nitrogens is 1. The molecule has 0 radical (unpaired) electrons. The number of aliphatic hydroxyl groups excluding tert-OH is 1. The molecule has 1 aliphatic carbocycles. The number of unbranched alkanes of at least 4 members (excludes halogenated alkanes) is 3. The van der Waals surface area contributed by atoms with Crippen molar-refractivity contribution < 1.29 is 34.4 Å². The minimum absolute atomic E-state index is 0.0733. The van der Waals surface area contributed by atoms with Gasteiger partial charge in [-0.3, -0.25) is 19.4 Å². The molecule has 12 nitrogen and oxygen atoms in total. The van der Waals surface area contributed by atoms with E-state index >= 15 is 4.79 Å². The normalized spacial score (nSPS) is 36.3. The summed E-state index contributed by atoms with van der Waals surface area (Å²) in [6, 6.07) is 11.3. The van der Waals surface area contributed by atoms with Gasteiger partial charge in [-0.05, 0) is 80.7 Å². The summed E-state index contributed by atoms with van der Waals surface area (Å²) in [4.78, 5) is 40.8. The van der Waals surface area contributed by atoms with Gasteiger partial charge in [0.15, 0.2) is 5.60 Å². The number of benzene rings is 2. The summed E-state index contributed by atoms with van der Waals surface area (Å²) < 4.78 is 12.4. The molecule has 6 heterocycles. The number of rotatable bonds is 11. The third-order valence-corrected chi connectivity index (χ3v) is 16.5. The number of aliphatic hydroxyl groups is 3. The number of carbonyl (C=O) groups excluding carboxylic acids is 2. The molecule has 3 aromatic rings. The lowest BCUT2D eigenvalue weighted by Crippen LogP contribution is -2.81. The first-order valence-corrected chi connectivity index (χ1v) is 23.0. The number of hydrogen-bond acceptors (Lipinski definition) is 10. The molecule has 2 aromatic carbocycles. The maximum absolute atomic E-state index is 15.4. The van der Waals surface area contributed by atoms with Crippen LogP contribution in [0, 0.1) is 11.3 Å². The highest BCUT2D eigenvalue weighted by molar-refractivity contribution is 5.95. The van der Waals surface area contributed by atoms with E-state index in [0.29, 0.717) is 76.0 Å². The zero-order chi connectivity index (χ0) is 43.1. The van der Waals surface area contributed by atoms with Crippen LogP contribution in [0.2, 0.25) is 0 Å². The Labute approximate surface area is 360 Å². The SMILES string of the molecule is CCCCCCNC(=O)[C@@]1(O)[C@H](O)[C@]2(CC)C=CCN3CC[C@@]4(c5cc([C@@]6(C(=O)OC)C[C@@H]7CN(CCc8c6[nH]c6ccccc86)C[C@](O)(CC)C7)c(OC)cc5N(C)[C@@H]14)[C@@H]32. The predicted molar refractivity (Wildman–Crippen MR) is 236 cm³/mol. The van der Waals surface area contributed by atoms with E-state index in [1.165, 1.54) is 7.11 Å². The van der Waals surface area contributed by atoms with Gasteiger partial charge in [0.05, 0.1) is 25.9 Å². The van der Waals surface area contributed by atoms with Crippen LogP contribution in [-0.4, -0.2) is 132 Å². The molecule has 12 heteroatoms. The highest BCUT2D eigenvalue weighted by Gasteiger charge is 2.78. The Morgan fingerprint density at radius 2 is 1.79 bits per heavy atom. The number of anilines is 1. The first-order valence-electron chi connectivity index (χ1n) is 23.0. The lowest BCUT2D eigenvalue weighted by atomic mass is 9.47. The van der Waals surface area contributed by atoms with Gasteiger partial charge < -0.3 is 40.0 Å². The lowest BCUT2D eigenvalue weighted by Gasteiger charge is -2.63. The summed E-state index contributed by atoms with van der Waals surface area (Å²) in [7, 11) is 5.02. The fraction of sp³-hybridized carbons (Fsp3) is 0.633. The second-order valence-corrected chi connectivity index (χ2v) is 19.4. The standard InChI is InChI=1S/C49H67N5O7/c1-7-10-11-14-21-50-43(56)49(59)41-47(20-24-54-22-15-19-46(9-3,40(47)54)42(49)55)34-25-35(38(60-5)26-37(34)52(41)4)48(44(57)61-6)28-31-27-45(58,8-2)30-53(29-31)23-18-33-32-16-12-13-17-36(32)51-39(33)48/h12-13,15-17,19,25-26,31,40-42,51,55,58-59H,7-11,14,18,20-24,27-30H2,1-6H3,(H,50,56)/t31-,40+,41-,42-,45+,46-,47-,48+,49+/m1/s1. The van der Waals surface area contributed by atoms with E-state index in [0.717, 1.165) is 72.2 Å².